The molecule has 2 atom stereocenters. The molecule has 0 aromatic rings. The molecular formula is C24H44O6Si. The molecule has 1 aliphatic carbocycles. The van der Waals surface area contributed by atoms with E-state index in [-0.39, 0.29) is 18.2 Å². The van der Waals surface area contributed by atoms with Gasteiger partial charge in [0.1, 0.15) is 6.10 Å². The maximum atomic E-state index is 12.5. The van der Waals surface area contributed by atoms with Gasteiger partial charge in [0.05, 0.1) is 6.10 Å². The molecule has 0 amide bonds. The van der Waals surface area contributed by atoms with Gasteiger partial charge in [0.15, 0.2) is 0 Å². The third-order valence-corrected chi connectivity index (χ3v) is 8.48. The van der Waals surface area contributed by atoms with Crippen LogP contribution in [0.15, 0.2) is 24.4 Å². The third-order valence-electron chi connectivity index (χ3n) is 5.35. The minimum atomic E-state index is -2.92. The van der Waals surface area contributed by atoms with E-state index >= 15 is 0 Å². The highest BCUT2D eigenvalue weighted by Gasteiger charge is 2.43. The lowest BCUT2D eigenvalue weighted by Gasteiger charge is -2.31. The van der Waals surface area contributed by atoms with Gasteiger partial charge in [0, 0.05) is 32.8 Å². The van der Waals surface area contributed by atoms with Gasteiger partial charge in [-0.2, -0.15) is 0 Å². The van der Waals surface area contributed by atoms with Crippen LogP contribution >= 0.6 is 0 Å². The van der Waals surface area contributed by atoms with Crippen LogP contribution in [0.4, 0.5) is 0 Å². The van der Waals surface area contributed by atoms with E-state index in [0.717, 1.165) is 50.1 Å². The number of carbonyl (C=O) groups excluding carboxylic acids is 1. The van der Waals surface area contributed by atoms with Crippen molar-refractivity contribution in [1.82, 2.24) is 0 Å². The zero-order valence-electron chi connectivity index (χ0n) is 20.0. The number of carbonyl (C=O) groups is 1. The molecule has 31 heavy (non-hydrogen) atoms. The summed E-state index contributed by atoms with van der Waals surface area (Å²) in [5, 5.41) is 0.823. The predicted molar refractivity (Wildman–Crippen MR) is 126 cm³/mol. The summed E-state index contributed by atoms with van der Waals surface area (Å²) in [5.41, 5.74) is 0. The lowest BCUT2D eigenvalue weighted by Crippen LogP contribution is -2.48. The van der Waals surface area contributed by atoms with Gasteiger partial charge in [-0.15, -0.1) is 6.58 Å². The average Bonchev–Trinajstić information content (AvgIpc) is 2.75. The van der Waals surface area contributed by atoms with E-state index in [9.17, 15) is 4.79 Å². The Bertz CT molecular complexity index is 507. The number of allylic oxidation sites excluding steroid dienone is 2. The first-order valence-electron chi connectivity index (χ1n) is 12.0. The summed E-state index contributed by atoms with van der Waals surface area (Å²) >= 11 is 0. The fourth-order valence-electron chi connectivity index (χ4n) is 3.84. The molecule has 1 aliphatic rings. The molecule has 6 nitrogen and oxygen atoms in total. The van der Waals surface area contributed by atoms with Crippen molar-refractivity contribution in [3.63, 3.8) is 0 Å². The Kier molecular flexibility index (Phi) is 15.0. The van der Waals surface area contributed by atoms with Gasteiger partial charge in [0.25, 0.3) is 0 Å². The maximum absolute atomic E-state index is 12.5. The highest BCUT2D eigenvalue weighted by atomic mass is 28.4. The van der Waals surface area contributed by atoms with Gasteiger partial charge >= 0.3 is 14.8 Å². The smallest absolute Gasteiger partial charge is 0.460 e. The predicted octanol–water partition coefficient (Wildman–Crippen LogP) is 5.53. The Morgan fingerprint density at radius 2 is 1.55 bits per heavy atom. The third kappa shape index (κ3) is 10.4. The topological polar surface area (TPSA) is 63.2 Å². The zero-order valence-corrected chi connectivity index (χ0v) is 21.0. The van der Waals surface area contributed by atoms with Crippen molar-refractivity contribution in [1.29, 1.82) is 0 Å². The Hall–Kier alpha value is -0.993. The second-order valence-corrected chi connectivity index (χ2v) is 10.5. The van der Waals surface area contributed by atoms with E-state index in [1.165, 1.54) is 0 Å². The van der Waals surface area contributed by atoms with Crippen LogP contribution in [-0.4, -0.2) is 53.4 Å². The van der Waals surface area contributed by atoms with Crippen molar-refractivity contribution in [3.05, 3.63) is 24.4 Å². The number of unbranched alkanes of at least 4 members (excludes halogenated alkanes) is 2. The Morgan fingerprint density at radius 1 is 0.935 bits per heavy atom. The number of hydrogen-bond acceptors (Lipinski definition) is 6. The van der Waals surface area contributed by atoms with Gasteiger partial charge in [0.2, 0.25) is 0 Å². The van der Waals surface area contributed by atoms with E-state index in [4.69, 9.17) is 22.8 Å². The van der Waals surface area contributed by atoms with Crippen molar-refractivity contribution in [3.8, 4) is 0 Å². The molecule has 0 saturated heterocycles. The molecule has 0 unspecified atom stereocenters. The zero-order chi connectivity index (χ0) is 23.0. The van der Waals surface area contributed by atoms with Crippen molar-refractivity contribution < 1.29 is 27.5 Å². The van der Waals surface area contributed by atoms with Gasteiger partial charge < -0.3 is 22.8 Å². The van der Waals surface area contributed by atoms with E-state index < -0.39 is 8.80 Å². The van der Waals surface area contributed by atoms with Crippen LogP contribution in [0.3, 0.4) is 0 Å². The average molecular weight is 457 g/mol. The van der Waals surface area contributed by atoms with E-state index in [1.807, 2.05) is 26.8 Å². The lowest BCUT2D eigenvalue weighted by molar-refractivity contribution is -0.161. The van der Waals surface area contributed by atoms with Gasteiger partial charge in [-0.3, -0.25) is 4.79 Å². The molecule has 0 aliphatic heterocycles. The normalized spacial score (nSPS) is 19.2. The van der Waals surface area contributed by atoms with Crippen LogP contribution in [0.1, 0.15) is 85.0 Å². The Labute approximate surface area is 190 Å². The fraction of sp³-hybridized carbons (Fsp3) is 0.792. The first-order chi connectivity index (χ1) is 15.0. The highest BCUT2D eigenvalue weighted by Crippen LogP contribution is 2.26. The summed E-state index contributed by atoms with van der Waals surface area (Å²) in [5.74, 6) is -0.170. The quantitative estimate of drug-likeness (QED) is 0.117. The Balaban J connectivity index is 2.45. The summed E-state index contributed by atoms with van der Waals surface area (Å²) in [4.78, 5) is 12.5. The molecular weight excluding hydrogens is 412 g/mol. The maximum Gasteiger partial charge on any atom is 0.532 e. The lowest BCUT2D eigenvalue weighted by atomic mass is 9.94. The molecule has 0 aromatic carbocycles. The van der Waals surface area contributed by atoms with Gasteiger partial charge in [-0.05, 0) is 77.3 Å². The van der Waals surface area contributed by atoms with Crippen molar-refractivity contribution in [2.75, 3.05) is 26.4 Å². The van der Waals surface area contributed by atoms with E-state index in [1.54, 1.807) is 0 Å². The molecule has 180 valence electrons. The molecule has 1 saturated carbocycles. The van der Waals surface area contributed by atoms with Crippen molar-refractivity contribution in [2.45, 2.75) is 97.2 Å². The first kappa shape index (κ1) is 28.0. The number of ether oxygens (including phenoxy) is 2. The van der Waals surface area contributed by atoms with Crippen LogP contribution < -0.4 is 0 Å². The van der Waals surface area contributed by atoms with Crippen LogP contribution in [0, 0.1) is 0 Å². The van der Waals surface area contributed by atoms with Crippen LogP contribution in [-0.2, 0) is 27.5 Å². The largest absolute Gasteiger partial charge is 0.532 e. The second-order valence-electron chi connectivity index (χ2n) is 7.82. The standard InChI is InChI=1S/C24H44O6Si/c1-6-10-11-14-20-26-22-17-12-13-18-23(22)30-24(25)19-15-16-21(5)31(27-7-2,28-8-3)29-9-4/h6,22-23H,1,5,7-20H2,2-4H3/t22-,23-/m0/s1. The molecule has 7 heteroatoms. The van der Waals surface area contributed by atoms with Gasteiger partial charge in [-0.25, -0.2) is 0 Å². The van der Waals surface area contributed by atoms with Gasteiger partial charge in [-0.1, -0.05) is 19.1 Å². The second kappa shape index (κ2) is 16.6. The summed E-state index contributed by atoms with van der Waals surface area (Å²) in [6, 6.07) is 0. The summed E-state index contributed by atoms with van der Waals surface area (Å²) < 4.78 is 29.5. The minimum absolute atomic E-state index is 0.0188. The molecule has 0 aromatic heterocycles. The molecule has 0 heterocycles. The van der Waals surface area contributed by atoms with E-state index in [0.29, 0.717) is 45.7 Å². The number of hydrogen-bond donors (Lipinski definition) is 0. The molecule has 0 spiro atoms. The monoisotopic (exact) mass is 456 g/mol. The molecule has 0 bridgehead atoms. The van der Waals surface area contributed by atoms with Crippen molar-refractivity contribution in [2.24, 2.45) is 0 Å². The number of esters is 1. The number of rotatable bonds is 18. The minimum Gasteiger partial charge on any atom is -0.460 e. The van der Waals surface area contributed by atoms with Crippen LogP contribution in [0.25, 0.3) is 0 Å². The highest BCUT2D eigenvalue weighted by molar-refractivity contribution is 6.68. The van der Waals surface area contributed by atoms with E-state index in [2.05, 4.69) is 13.2 Å². The summed E-state index contributed by atoms with van der Waals surface area (Å²) in [6.45, 7) is 15.9. The SMILES string of the molecule is C=CCCCCO[C@H]1CCCC[C@@H]1OC(=O)CCCC(=C)[Si](OCC)(OCC)OCC. The Morgan fingerprint density at radius 3 is 2.13 bits per heavy atom. The molecule has 0 radical (unpaired) electrons. The molecule has 1 rings (SSSR count). The summed E-state index contributed by atoms with van der Waals surface area (Å²) in [7, 11) is -2.92. The first-order valence-corrected chi connectivity index (χ1v) is 13.8. The molecule has 1 fully saturated rings. The van der Waals surface area contributed by atoms with Crippen LogP contribution in [0.5, 0.6) is 0 Å². The van der Waals surface area contributed by atoms with Crippen molar-refractivity contribution >= 4 is 14.8 Å². The van der Waals surface area contributed by atoms with Crippen LogP contribution in [0.2, 0.25) is 0 Å². The summed E-state index contributed by atoms with van der Waals surface area (Å²) in [6.07, 6.45) is 10.6. The fourth-order valence-corrected chi connectivity index (χ4v) is 6.33. The molecule has 0 N–H and O–H groups in total.